The predicted octanol–water partition coefficient (Wildman–Crippen LogP) is 2.80. The largest absolute Gasteiger partial charge is 0.466 e. The number of pyridine rings is 1. The van der Waals surface area contributed by atoms with Crippen LogP contribution in [0.5, 0.6) is 0 Å². The number of nitro groups is 1. The number of carbonyl (C=O) groups is 1. The molecule has 0 unspecified atom stereocenters. The lowest BCUT2D eigenvalue weighted by molar-refractivity contribution is -0.386. The van der Waals surface area contributed by atoms with Crippen molar-refractivity contribution < 1.29 is 23.2 Å². The van der Waals surface area contributed by atoms with Crippen LogP contribution in [0.15, 0.2) is 10.8 Å². The molecule has 0 aliphatic rings. The number of carbonyl (C=O) groups excluding carboxylic acids is 1. The lowest BCUT2D eigenvalue weighted by Crippen LogP contribution is -2.12. The highest BCUT2D eigenvalue weighted by atomic mass is 79.9. The van der Waals surface area contributed by atoms with E-state index in [1.54, 1.807) is 6.92 Å². The average Bonchev–Trinajstić information content (AvgIpc) is 2.31. The lowest BCUT2D eigenvalue weighted by Gasteiger charge is -2.10. The first kappa shape index (κ1) is 15.4. The summed E-state index contributed by atoms with van der Waals surface area (Å²) in [4.78, 5) is 24.7. The second kappa shape index (κ2) is 6.50. The van der Waals surface area contributed by atoms with Gasteiger partial charge in [0.2, 0.25) is 0 Å². The average molecular weight is 339 g/mol. The number of hydrogen-bond donors (Lipinski definition) is 0. The molecule has 9 heteroatoms. The Kier molecular flexibility index (Phi) is 5.28. The summed E-state index contributed by atoms with van der Waals surface area (Å²) in [6, 6.07) is 0. The molecule has 0 saturated heterocycles. The van der Waals surface area contributed by atoms with Gasteiger partial charge in [0.05, 0.1) is 18.0 Å². The monoisotopic (exact) mass is 338 g/mol. The molecule has 1 heterocycles. The maximum Gasteiger partial charge on any atom is 0.310 e. The molecule has 0 bridgehead atoms. The van der Waals surface area contributed by atoms with Gasteiger partial charge >= 0.3 is 5.97 Å². The zero-order chi connectivity index (χ0) is 14.6. The number of esters is 1. The molecule has 0 aliphatic heterocycles. The minimum Gasteiger partial charge on any atom is -0.466 e. The second-order valence-electron chi connectivity index (χ2n) is 3.37. The molecule has 0 aromatic carbocycles. The maximum atomic E-state index is 13.0. The van der Waals surface area contributed by atoms with E-state index in [4.69, 9.17) is 0 Å². The molecule has 0 aliphatic carbocycles. The first-order valence-corrected chi connectivity index (χ1v) is 5.93. The molecule has 1 aromatic rings. The van der Waals surface area contributed by atoms with Gasteiger partial charge in [-0.1, -0.05) is 0 Å². The lowest BCUT2D eigenvalue weighted by atomic mass is 10.1. The van der Waals surface area contributed by atoms with Crippen molar-refractivity contribution in [2.45, 2.75) is 19.8 Å². The second-order valence-corrected chi connectivity index (χ2v) is 4.12. The Hall–Kier alpha value is -1.64. The summed E-state index contributed by atoms with van der Waals surface area (Å²) in [6.07, 6.45) is -2.88. The third-order valence-electron chi connectivity index (χ3n) is 2.19. The quantitative estimate of drug-likeness (QED) is 0.357. The smallest absolute Gasteiger partial charge is 0.310 e. The van der Waals surface area contributed by atoms with E-state index in [0.717, 1.165) is 6.20 Å². The molecule has 6 nitrogen and oxygen atoms in total. The fraction of sp³-hybridized carbons (Fsp3) is 0.400. The Morgan fingerprint density at radius 1 is 1.63 bits per heavy atom. The standard InChI is InChI=1S/C10H9BrF2N2O4/c1-2-19-7(16)3-5-8(10(12)13)6(15(17)18)4-14-9(5)11/h4,10H,2-3H2,1H3. The van der Waals surface area contributed by atoms with Gasteiger partial charge < -0.3 is 4.74 Å². The fourth-order valence-electron chi connectivity index (χ4n) is 1.44. The van der Waals surface area contributed by atoms with E-state index < -0.39 is 35.0 Å². The first-order chi connectivity index (χ1) is 8.88. The van der Waals surface area contributed by atoms with Gasteiger partial charge in [-0.2, -0.15) is 0 Å². The third kappa shape index (κ3) is 3.66. The van der Waals surface area contributed by atoms with Crippen LogP contribution in [0, 0.1) is 10.1 Å². The van der Waals surface area contributed by atoms with E-state index >= 15 is 0 Å². The summed E-state index contributed by atoms with van der Waals surface area (Å²) in [5.74, 6) is -0.757. The summed E-state index contributed by atoms with van der Waals surface area (Å²) in [5.41, 5.74) is -1.87. The summed E-state index contributed by atoms with van der Waals surface area (Å²) >= 11 is 2.90. The number of alkyl halides is 2. The van der Waals surface area contributed by atoms with Crippen molar-refractivity contribution in [3.05, 3.63) is 32.0 Å². The maximum absolute atomic E-state index is 13.0. The fourth-order valence-corrected chi connectivity index (χ4v) is 1.90. The molecule has 0 atom stereocenters. The Balaban J connectivity index is 3.31. The van der Waals surface area contributed by atoms with Crippen molar-refractivity contribution in [3.8, 4) is 0 Å². The summed E-state index contributed by atoms with van der Waals surface area (Å²) in [7, 11) is 0. The zero-order valence-corrected chi connectivity index (χ0v) is 11.3. The van der Waals surface area contributed by atoms with Gasteiger partial charge in [0, 0.05) is 5.56 Å². The zero-order valence-electron chi connectivity index (χ0n) is 9.73. The van der Waals surface area contributed by atoms with Crippen LogP contribution in [0.1, 0.15) is 24.5 Å². The highest BCUT2D eigenvalue weighted by Gasteiger charge is 2.29. The van der Waals surface area contributed by atoms with Crippen molar-refractivity contribution in [3.63, 3.8) is 0 Å². The van der Waals surface area contributed by atoms with Gasteiger partial charge in [0.15, 0.2) is 0 Å². The van der Waals surface area contributed by atoms with Crippen LogP contribution in [-0.2, 0) is 16.0 Å². The SMILES string of the molecule is CCOC(=O)Cc1c(Br)ncc([N+](=O)[O-])c1C(F)F. The van der Waals surface area contributed by atoms with Gasteiger partial charge in [0.25, 0.3) is 12.1 Å². The van der Waals surface area contributed by atoms with Crippen LogP contribution >= 0.6 is 15.9 Å². The van der Waals surface area contributed by atoms with E-state index in [1.165, 1.54) is 0 Å². The minimum atomic E-state index is -3.09. The summed E-state index contributed by atoms with van der Waals surface area (Å²) < 4.78 is 30.5. The Labute approximate surface area is 115 Å². The highest BCUT2D eigenvalue weighted by Crippen LogP contribution is 2.35. The molecule has 1 aromatic heterocycles. The number of hydrogen-bond acceptors (Lipinski definition) is 5. The van der Waals surface area contributed by atoms with Crippen molar-refractivity contribution in [2.24, 2.45) is 0 Å². The molecule has 0 fully saturated rings. The van der Waals surface area contributed by atoms with Crippen LogP contribution < -0.4 is 0 Å². The normalized spacial score (nSPS) is 10.6. The van der Waals surface area contributed by atoms with Crippen LogP contribution in [0.2, 0.25) is 0 Å². The van der Waals surface area contributed by atoms with Crippen molar-refractivity contribution in [1.82, 2.24) is 4.98 Å². The van der Waals surface area contributed by atoms with Crippen molar-refractivity contribution >= 4 is 27.6 Å². The third-order valence-corrected chi connectivity index (χ3v) is 2.87. The van der Waals surface area contributed by atoms with Crippen LogP contribution in [0.3, 0.4) is 0 Å². The first-order valence-electron chi connectivity index (χ1n) is 5.13. The number of aromatic nitrogens is 1. The molecule has 1 rings (SSSR count). The predicted molar refractivity (Wildman–Crippen MR) is 63.9 cm³/mol. The number of halogens is 3. The molecule has 0 radical (unpaired) electrons. The Bertz CT molecular complexity index is 511. The summed E-state index contributed by atoms with van der Waals surface area (Å²) in [5, 5.41) is 10.7. The number of rotatable bonds is 5. The number of nitrogens with zero attached hydrogens (tertiary/aromatic N) is 2. The molecular formula is C10H9BrF2N2O4. The van der Waals surface area contributed by atoms with Crippen LogP contribution in [0.4, 0.5) is 14.5 Å². The van der Waals surface area contributed by atoms with Gasteiger partial charge in [-0.3, -0.25) is 14.9 Å². The van der Waals surface area contributed by atoms with Crippen molar-refractivity contribution in [2.75, 3.05) is 6.61 Å². The highest BCUT2D eigenvalue weighted by molar-refractivity contribution is 9.10. The van der Waals surface area contributed by atoms with Gasteiger partial charge in [-0.05, 0) is 22.9 Å². The van der Waals surface area contributed by atoms with E-state index in [-0.39, 0.29) is 16.8 Å². The number of ether oxygens (including phenoxy) is 1. The molecule has 0 N–H and O–H groups in total. The topological polar surface area (TPSA) is 82.3 Å². The van der Waals surface area contributed by atoms with E-state index in [9.17, 15) is 23.7 Å². The minimum absolute atomic E-state index is 0.0403. The molecule has 0 spiro atoms. The van der Waals surface area contributed by atoms with E-state index in [1.807, 2.05) is 0 Å². The molecule has 0 saturated carbocycles. The molecule has 19 heavy (non-hydrogen) atoms. The van der Waals surface area contributed by atoms with Crippen molar-refractivity contribution in [1.29, 1.82) is 0 Å². The Morgan fingerprint density at radius 2 is 2.26 bits per heavy atom. The summed E-state index contributed by atoms with van der Waals surface area (Å²) in [6.45, 7) is 1.65. The van der Waals surface area contributed by atoms with Gasteiger partial charge in [-0.15, -0.1) is 0 Å². The molecule has 104 valence electrons. The van der Waals surface area contributed by atoms with Crippen LogP contribution in [-0.4, -0.2) is 22.5 Å². The van der Waals surface area contributed by atoms with Gasteiger partial charge in [0.1, 0.15) is 16.4 Å². The van der Waals surface area contributed by atoms with Gasteiger partial charge in [-0.25, -0.2) is 13.8 Å². The molecule has 0 amide bonds. The van der Waals surface area contributed by atoms with E-state index in [0.29, 0.717) is 0 Å². The van der Waals surface area contributed by atoms with E-state index in [2.05, 4.69) is 25.7 Å². The Morgan fingerprint density at radius 3 is 2.74 bits per heavy atom. The van der Waals surface area contributed by atoms with Crippen LogP contribution in [0.25, 0.3) is 0 Å². The molecular weight excluding hydrogens is 330 g/mol.